The first-order valence-electron chi connectivity index (χ1n) is 6.28. The predicted molar refractivity (Wildman–Crippen MR) is 66.1 cm³/mol. The molecule has 0 radical (unpaired) electrons. The first-order valence-corrected chi connectivity index (χ1v) is 6.28. The molecule has 3 N–H and O–H groups in total. The average molecular weight is 227 g/mol. The standard InChI is InChI=1S/C12H25N3O/c1-9(2)4-6-14-12(16)10(3)15-7-5-11(13)8-15/h9-11H,4-8,13H2,1-3H3,(H,14,16)/t10?,11-/m0/s1. The third-order valence-corrected chi connectivity index (χ3v) is 3.20. The van der Waals surface area contributed by atoms with Gasteiger partial charge in [0.05, 0.1) is 6.04 Å². The third-order valence-electron chi connectivity index (χ3n) is 3.20. The highest BCUT2D eigenvalue weighted by molar-refractivity contribution is 5.81. The molecule has 4 nitrogen and oxygen atoms in total. The van der Waals surface area contributed by atoms with Crippen molar-refractivity contribution in [1.29, 1.82) is 0 Å². The van der Waals surface area contributed by atoms with Gasteiger partial charge in [0, 0.05) is 25.7 Å². The van der Waals surface area contributed by atoms with Crippen LogP contribution in [-0.4, -0.2) is 42.5 Å². The maximum atomic E-state index is 11.8. The van der Waals surface area contributed by atoms with Gasteiger partial charge in [0.15, 0.2) is 0 Å². The minimum atomic E-state index is -0.0410. The van der Waals surface area contributed by atoms with E-state index in [0.717, 1.165) is 32.5 Å². The van der Waals surface area contributed by atoms with Crippen LogP contribution in [-0.2, 0) is 4.79 Å². The number of rotatable bonds is 5. The Labute approximate surface area is 98.6 Å². The molecule has 0 aromatic rings. The van der Waals surface area contributed by atoms with Crippen LogP contribution in [0.15, 0.2) is 0 Å². The molecular formula is C12H25N3O. The van der Waals surface area contributed by atoms with E-state index < -0.39 is 0 Å². The van der Waals surface area contributed by atoms with Gasteiger partial charge in [-0.1, -0.05) is 13.8 Å². The van der Waals surface area contributed by atoms with Crippen LogP contribution in [0.25, 0.3) is 0 Å². The van der Waals surface area contributed by atoms with Crippen LogP contribution in [0, 0.1) is 5.92 Å². The molecule has 0 saturated carbocycles. The van der Waals surface area contributed by atoms with Gasteiger partial charge in [-0.2, -0.15) is 0 Å². The van der Waals surface area contributed by atoms with Crippen LogP contribution in [0.1, 0.15) is 33.6 Å². The van der Waals surface area contributed by atoms with Crippen molar-refractivity contribution < 1.29 is 4.79 Å². The van der Waals surface area contributed by atoms with E-state index >= 15 is 0 Å². The van der Waals surface area contributed by atoms with Crippen molar-refractivity contribution in [2.75, 3.05) is 19.6 Å². The monoisotopic (exact) mass is 227 g/mol. The van der Waals surface area contributed by atoms with Crippen molar-refractivity contribution >= 4 is 5.91 Å². The number of carbonyl (C=O) groups excluding carboxylic acids is 1. The van der Waals surface area contributed by atoms with Crippen LogP contribution < -0.4 is 11.1 Å². The summed E-state index contributed by atoms with van der Waals surface area (Å²) in [6.07, 6.45) is 2.04. The molecule has 1 amide bonds. The van der Waals surface area contributed by atoms with Gasteiger partial charge in [-0.3, -0.25) is 9.69 Å². The van der Waals surface area contributed by atoms with E-state index in [2.05, 4.69) is 24.1 Å². The lowest BCUT2D eigenvalue weighted by Gasteiger charge is -2.23. The molecule has 94 valence electrons. The Balaban J connectivity index is 2.25. The maximum absolute atomic E-state index is 11.8. The number of hydrogen-bond donors (Lipinski definition) is 2. The highest BCUT2D eigenvalue weighted by atomic mass is 16.2. The summed E-state index contributed by atoms with van der Waals surface area (Å²) in [5.74, 6) is 0.769. The summed E-state index contributed by atoms with van der Waals surface area (Å²) in [5.41, 5.74) is 5.83. The summed E-state index contributed by atoms with van der Waals surface area (Å²) in [4.78, 5) is 14.0. The summed E-state index contributed by atoms with van der Waals surface area (Å²) in [5, 5.41) is 2.98. The molecule has 0 bridgehead atoms. The van der Waals surface area contributed by atoms with E-state index in [-0.39, 0.29) is 18.0 Å². The fourth-order valence-corrected chi connectivity index (χ4v) is 1.96. The molecule has 1 rings (SSSR count). The summed E-state index contributed by atoms with van der Waals surface area (Å²) < 4.78 is 0. The minimum absolute atomic E-state index is 0.0410. The first-order chi connectivity index (χ1) is 7.50. The Hall–Kier alpha value is -0.610. The van der Waals surface area contributed by atoms with E-state index in [1.807, 2.05) is 6.92 Å². The van der Waals surface area contributed by atoms with Gasteiger partial charge in [0.25, 0.3) is 0 Å². The van der Waals surface area contributed by atoms with E-state index in [4.69, 9.17) is 5.73 Å². The van der Waals surface area contributed by atoms with E-state index in [1.54, 1.807) is 0 Å². The highest BCUT2D eigenvalue weighted by Crippen LogP contribution is 2.11. The summed E-state index contributed by atoms with van der Waals surface area (Å²) in [6, 6.07) is 0.201. The van der Waals surface area contributed by atoms with Crippen molar-refractivity contribution in [2.24, 2.45) is 11.7 Å². The largest absolute Gasteiger partial charge is 0.355 e. The van der Waals surface area contributed by atoms with Crippen LogP contribution in [0.5, 0.6) is 0 Å². The fraction of sp³-hybridized carbons (Fsp3) is 0.917. The zero-order valence-electron chi connectivity index (χ0n) is 10.7. The lowest BCUT2D eigenvalue weighted by molar-refractivity contribution is -0.125. The summed E-state index contributed by atoms with van der Waals surface area (Å²) in [6.45, 7) is 8.85. The van der Waals surface area contributed by atoms with Crippen molar-refractivity contribution in [3.05, 3.63) is 0 Å². The zero-order valence-corrected chi connectivity index (χ0v) is 10.7. The quantitative estimate of drug-likeness (QED) is 0.722. The second kappa shape index (κ2) is 6.21. The van der Waals surface area contributed by atoms with Gasteiger partial charge in [-0.25, -0.2) is 0 Å². The number of likely N-dealkylation sites (tertiary alicyclic amines) is 1. The second-order valence-corrected chi connectivity index (χ2v) is 5.19. The SMILES string of the molecule is CC(C)CCNC(=O)C(C)N1CC[C@H](N)C1. The number of carbonyl (C=O) groups is 1. The zero-order chi connectivity index (χ0) is 12.1. The lowest BCUT2D eigenvalue weighted by Crippen LogP contribution is -2.45. The molecule has 0 aliphatic carbocycles. The van der Waals surface area contributed by atoms with Gasteiger partial charge in [-0.05, 0) is 25.7 Å². The maximum Gasteiger partial charge on any atom is 0.237 e. The van der Waals surface area contributed by atoms with Crippen LogP contribution in [0.2, 0.25) is 0 Å². The van der Waals surface area contributed by atoms with Gasteiger partial charge >= 0.3 is 0 Å². The van der Waals surface area contributed by atoms with Gasteiger partial charge in [-0.15, -0.1) is 0 Å². The molecule has 1 unspecified atom stereocenters. The Bertz CT molecular complexity index is 230. The fourth-order valence-electron chi connectivity index (χ4n) is 1.96. The number of nitrogens with one attached hydrogen (secondary N) is 1. The molecule has 0 aromatic carbocycles. The lowest BCUT2D eigenvalue weighted by atomic mass is 10.1. The molecule has 1 fully saturated rings. The van der Waals surface area contributed by atoms with Crippen LogP contribution in [0.3, 0.4) is 0 Å². The Kier molecular flexibility index (Phi) is 5.22. The molecule has 1 heterocycles. The van der Waals surface area contributed by atoms with E-state index in [1.165, 1.54) is 0 Å². The average Bonchev–Trinajstić information content (AvgIpc) is 2.63. The smallest absolute Gasteiger partial charge is 0.237 e. The van der Waals surface area contributed by atoms with Gasteiger partial charge in [0.2, 0.25) is 5.91 Å². The Morgan fingerprint density at radius 1 is 1.50 bits per heavy atom. The number of nitrogens with zero attached hydrogens (tertiary/aromatic N) is 1. The molecule has 2 atom stereocenters. The Morgan fingerprint density at radius 2 is 2.19 bits per heavy atom. The molecule has 4 heteroatoms. The highest BCUT2D eigenvalue weighted by Gasteiger charge is 2.27. The summed E-state index contributed by atoms with van der Waals surface area (Å²) in [7, 11) is 0. The van der Waals surface area contributed by atoms with E-state index in [9.17, 15) is 4.79 Å². The molecule has 16 heavy (non-hydrogen) atoms. The van der Waals surface area contributed by atoms with Crippen LogP contribution >= 0.6 is 0 Å². The second-order valence-electron chi connectivity index (χ2n) is 5.19. The number of amides is 1. The number of hydrogen-bond acceptors (Lipinski definition) is 3. The van der Waals surface area contributed by atoms with Crippen molar-refractivity contribution in [1.82, 2.24) is 10.2 Å². The van der Waals surface area contributed by atoms with E-state index in [0.29, 0.717) is 5.92 Å². The van der Waals surface area contributed by atoms with Crippen molar-refractivity contribution in [2.45, 2.75) is 45.7 Å². The van der Waals surface area contributed by atoms with Crippen molar-refractivity contribution in [3.63, 3.8) is 0 Å². The normalized spacial score (nSPS) is 23.7. The van der Waals surface area contributed by atoms with Gasteiger partial charge in [0.1, 0.15) is 0 Å². The first kappa shape index (κ1) is 13.5. The van der Waals surface area contributed by atoms with Crippen molar-refractivity contribution in [3.8, 4) is 0 Å². The summed E-state index contributed by atoms with van der Waals surface area (Å²) >= 11 is 0. The molecule has 0 spiro atoms. The molecular weight excluding hydrogens is 202 g/mol. The third kappa shape index (κ3) is 4.10. The molecule has 1 aliphatic heterocycles. The Morgan fingerprint density at radius 3 is 2.69 bits per heavy atom. The van der Waals surface area contributed by atoms with Gasteiger partial charge < -0.3 is 11.1 Å². The topological polar surface area (TPSA) is 58.4 Å². The minimum Gasteiger partial charge on any atom is -0.355 e. The predicted octanol–water partition coefficient (Wildman–Crippen LogP) is 0.570. The van der Waals surface area contributed by atoms with Crippen LogP contribution in [0.4, 0.5) is 0 Å². The molecule has 0 aromatic heterocycles. The number of nitrogens with two attached hydrogens (primary N) is 1. The molecule has 1 aliphatic rings. The molecule has 1 saturated heterocycles.